The molecule has 5 nitrogen and oxygen atoms in total. The van der Waals surface area contributed by atoms with Crippen molar-refractivity contribution < 1.29 is 9.21 Å². The monoisotopic (exact) mass is 263 g/mol. The van der Waals surface area contributed by atoms with Gasteiger partial charge in [0.05, 0.1) is 6.54 Å². The standard InChI is InChI=1S/C14H21N3O2/c1-16-10-2-3-11(16)9-17(7-6-10)14(18)13-5-4-12(8-15)19-13/h4-5,10-11H,2-3,6-9,15H2,1H3. The zero-order chi connectivity index (χ0) is 13.4. The van der Waals surface area contributed by atoms with Crippen LogP contribution in [0.1, 0.15) is 35.6 Å². The highest BCUT2D eigenvalue weighted by Gasteiger charge is 2.36. The summed E-state index contributed by atoms with van der Waals surface area (Å²) in [6.45, 7) is 1.97. The molecule has 1 aromatic rings. The Morgan fingerprint density at radius 1 is 1.37 bits per heavy atom. The molecule has 2 fully saturated rings. The van der Waals surface area contributed by atoms with Crippen LogP contribution in [0.3, 0.4) is 0 Å². The van der Waals surface area contributed by atoms with Gasteiger partial charge < -0.3 is 15.1 Å². The van der Waals surface area contributed by atoms with E-state index in [1.807, 2.05) is 4.90 Å². The molecule has 1 aromatic heterocycles. The molecule has 0 spiro atoms. The predicted molar refractivity (Wildman–Crippen MR) is 71.7 cm³/mol. The fourth-order valence-corrected chi connectivity index (χ4v) is 3.25. The third-order valence-corrected chi connectivity index (χ3v) is 4.51. The van der Waals surface area contributed by atoms with Gasteiger partial charge in [-0.05, 0) is 38.4 Å². The summed E-state index contributed by atoms with van der Waals surface area (Å²) in [4.78, 5) is 16.8. The Hall–Kier alpha value is -1.33. The number of amides is 1. The average molecular weight is 263 g/mol. The number of carbonyl (C=O) groups is 1. The van der Waals surface area contributed by atoms with Crippen LogP contribution in [0.4, 0.5) is 0 Å². The van der Waals surface area contributed by atoms with Crippen LogP contribution in [-0.2, 0) is 6.54 Å². The first-order chi connectivity index (χ1) is 9.19. The largest absolute Gasteiger partial charge is 0.455 e. The van der Waals surface area contributed by atoms with Gasteiger partial charge in [-0.1, -0.05) is 0 Å². The Kier molecular flexibility index (Phi) is 3.33. The first-order valence-electron chi connectivity index (χ1n) is 6.99. The van der Waals surface area contributed by atoms with Gasteiger partial charge >= 0.3 is 0 Å². The Labute approximate surface area is 113 Å². The number of hydrogen-bond acceptors (Lipinski definition) is 4. The molecule has 2 bridgehead atoms. The lowest BCUT2D eigenvalue weighted by Crippen LogP contribution is -2.39. The fraction of sp³-hybridized carbons (Fsp3) is 0.643. The van der Waals surface area contributed by atoms with Gasteiger partial charge in [0.1, 0.15) is 5.76 Å². The molecule has 0 radical (unpaired) electrons. The van der Waals surface area contributed by atoms with E-state index in [4.69, 9.17) is 10.2 Å². The summed E-state index contributed by atoms with van der Waals surface area (Å²) in [5, 5.41) is 0. The lowest BCUT2D eigenvalue weighted by molar-refractivity contribution is 0.0706. The Morgan fingerprint density at radius 3 is 2.89 bits per heavy atom. The van der Waals surface area contributed by atoms with Crippen molar-refractivity contribution in [3.8, 4) is 0 Å². The normalized spacial score (nSPS) is 27.6. The minimum Gasteiger partial charge on any atom is -0.455 e. The molecule has 2 aliphatic heterocycles. The highest BCUT2D eigenvalue weighted by Crippen LogP contribution is 2.29. The van der Waals surface area contributed by atoms with E-state index in [-0.39, 0.29) is 5.91 Å². The lowest BCUT2D eigenvalue weighted by atomic mass is 10.1. The van der Waals surface area contributed by atoms with Crippen LogP contribution >= 0.6 is 0 Å². The van der Waals surface area contributed by atoms with Crippen LogP contribution in [0.25, 0.3) is 0 Å². The summed E-state index contributed by atoms with van der Waals surface area (Å²) in [5.74, 6) is 1.08. The summed E-state index contributed by atoms with van der Waals surface area (Å²) >= 11 is 0. The Balaban J connectivity index is 1.73. The van der Waals surface area contributed by atoms with Gasteiger partial charge in [-0.25, -0.2) is 0 Å². The van der Waals surface area contributed by atoms with Crippen LogP contribution in [0, 0.1) is 0 Å². The first kappa shape index (κ1) is 12.7. The number of likely N-dealkylation sites (tertiary alicyclic amines) is 1. The number of hydrogen-bond donors (Lipinski definition) is 1. The van der Waals surface area contributed by atoms with Gasteiger partial charge in [-0.2, -0.15) is 0 Å². The van der Waals surface area contributed by atoms with Crippen molar-refractivity contribution >= 4 is 5.91 Å². The van der Waals surface area contributed by atoms with E-state index < -0.39 is 0 Å². The molecule has 0 aromatic carbocycles. The smallest absolute Gasteiger partial charge is 0.289 e. The predicted octanol–water partition coefficient (Wildman–Crippen LogP) is 1.05. The summed E-state index contributed by atoms with van der Waals surface area (Å²) in [7, 11) is 2.18. The second-order valence-corrected chi connectivity index (χ2v) is 5.56. The second kappa shape index (κ2) is 4.98. The number of carbonyl (C=O) groups excluding carboxylic acids is 1. The quantitative estimate of drug-likeness (QED) is 0.866. The maximum atomic E-state index is 12.4. The van der Waals surface area contributed by atoms with E-state index in [1.165, 1.54) is 12.8 Å². The lowest BCUT2D eigenvalue weighted by Gasteiger charge is -2.25. The SMILES string of the molecule is CN1C2CCC1CN(C(=O)c1ccc(CN)o1)CC2. The number of fused-ring (bicyclic) bond motifs is 2. The van der Waals surface area contributed by atoms with Gasteiger partial charge in [0.2, 0.25) is 0 Å². The van der Waals surface area contributed by atoms with Crippen LogP contribution in [-0.4, -0.2) is 47.9 Å². The first-order valence-corrected chi connectivity index (χ1v) is 6.99. The van der Waals surface area contributed by atoms with E-state index in [2.05, 4.69) is 11.9 Å². The molecule has 2 N–H and O–H groups in total. The number of nitrogens with two attached hydrogens (primary N) is 1. The molecule has 0 aliphatic carbocycles. The molecule has 19 heavy (non-hydrogen) atoms. The number of nitrogens with zero attached hydrogens (tertiary/aromatic N) is 2. The summed E-state index contributed by atoms with van der Waals surface area (Å²) in [5.41, 5.74) is 5.51. The molecule has 1 amide bonds. The van der Waals surface area contributed by atoms with Crippen molar-refractivity contribution in [1.82, 2.24) is 9.80 Å². The van der Waals surface area contributed by atoms with E-state index in [0.717, 1.165) is 19.5 Å². The maximum absolute atomic E-state index is 12.4. The number of likely N-dealkylation sites (N-methyl/N-ethyl adjacent to an activating group) is 1. The molecule has 2 saturated heterocycles. The second-order valence-electron chi connectivity index (χ2n) is 5.56. The van der Waals surface area contributed by atoms with Crippen LogP contribution in [0.2, 0.25) is 0 Å². The molecule has 2 unspecified atom stereocenters. The van der Waals surface area contributed by atoms with E-state index in [0.29, 0.717) is 30.1 Å². The molecule has 104 valence electrons. The van der Waals surface area contributed by atoms with Crippen molar-refractivity contribution in [2.45, 2.75) is 37.9 Å². The summed E-state index contributed by atoms with van der Waals surface area (Å²) < 4.78 is 5.47. The van der Waals surface area contributed by atoms with Crippen LogP contribution < -0.4 is 5.73 Å². The highest BCUT2D eigenvalue weighted by atomic mass is 16.4. The van der Waals surface area contributed by atoms with Gasteiger partial charge in [0.25, 0.3) is 5.91 Å². The number of rotatable bonds is 2. The van der Waals surface area contributed by atoms with Gasteiger partial charge in [0, 0.05) is 25.2 Å². The topological polar surface area (TPSA) is 62.7 Å². The van der Waals surface area contributed by atoms with Crippen molar-refractivity contribution in [3.05, 3.63) is 23.7 Å². The minimum atomic E-state index is 0.000602. The Morgan fingerprint density at radius 2 is 2.16 bits per heavy atom. The van der Waals surface area contributed by atoms with Crippen molar-refractivity contribution in [1.29, 1.82) is 0 Å². The average Bonchev–Trinajstić information content (AvgIpc) is 2.95. The molecule has 5 heteroatoms. The summed E-state index contributed by atoms with van der Waals surface area (Å²) in [6.07, 6.45) is 3.52. The molecule has 0 saturated carbocycles. The third-order valence-electron chi connectivity index (χ3n) is 4.51. The van der Waals surface area contributed by atoms with Crippen molar-refractivity contribution in [2.24, 2.45) is 5.73 Å². The molecule has 2 atom stereocenters. The molecular weight excluding hydrogens is 242 g/mol. The van der Waals surface area contributed by atoms with Gasteiger partial charge in [-0.15, -0.1) is 0 Å². The fourth-order valence-electron chi connectivity index (χ4n) is 3.25. The molecular formula is C14H21N3O2. The Bertz CT molecular complexity index is 471. The zero-order valence-corrected chi connectivity index (χ0v) is 11.3. The molecule has 2 aliphatic rings. The van der Waals surface area contributed by atoms with Crippen molar-refractivity contribution in [3.63, 3.8) is 0 Å². The van der Waals surface area contributed by atoms with E-state index in [1.54, 1.807) is 12.1 Å². The zero-order valence-electron chi connectivity index (χ0n) is 11.3. The highest BCUT2D eigenvalue weighted by molar-refractivity contribution is 5.91. The molecule has 3 heterocycles. The van der Waals surface area contributed by atoms with Crippen molar-refractivity contribution in [2.75, 3.05) is 20.1 Å². The third kappa shape index (κ3) is 2.28. The van der Waals surface area contributed by atoms with E-state index >= 15 is 0 Å². The van der Waals surface area contributed by atoms with Crippen LogP contribution in [0.15, 0.2) is 16.5 Å². The van der Waals surface area contributed by atoms with Gasteiger partial charge in [0.15, 0.2) is 5.76 Å². The number of furan rings is 1. The molecule has 3 rings (SSSR count). The van der Waals surface area contributed by atoms with Crippen LogP contribution in [0.5, 0.6) is 0 Å². The minimum absolute atomic E-state index is 0.000602. The van der Waals surface area contributed by atoms with Gasteiger partial charge in [-0.3, -0.25) is 9.69 Å². The summed E-state index contributed by atoms with van der Waals surface area (Å²) in [6, 6.07) is 4.65. The maximum Gasteiger partial charge on any atom is 0.289 e. The van der Waals surface area contributed by atoms with E-state index in [9.17, 15) is 4.79 Å².